The lowest BCUT2D eigenvalue weighted by Crippen LogP contribution is -2.42. The molecule has 0 heterocycles. The van der Waals surface area contributed by atoms with Crippen molar-refractivity contribution in [2.24, 2.45) is 0 Å². The predicted octanol–water partition coefficient (Wildman–Crippen LogP) is 3.65. The minimum absolute atomic E-state index is 0.109. The topological polar surface area (TPSA) is 49.4 Å². The molecule has 1 rings (SSSR count). The SMILES string of the molecule is CC(=O)N(CCC(=O)NC(C)(C)C)c1cc(Cl)cc(Cl)c1. The highest BCUT2D eigenvalue weighted by molar-refractivity contribution is 6.35. The van der Waals surface area contributed by atoms with Crippen LogP contribution >= 0.6 is 23.2 Å². The van der Waals surface area contributed by atoms with Gasteiger partial charge in [-0.05, 0) is 39.0 Å². The van der Waals surface area contributed by atoms with Crippen molar-refractivity contribution in [1.82, 2.24) is 5.32 Å². The standard InChI is InChI=1S/C15H20Cl2N2O2/c1-10(20)19(6-5-14(21)18-15(2,3)4)13-8-11(16)7-12(17)9-13/h7-9H,5-6H2,1-4H3,(H,18,21). The zero-order chi connectivity index (χ0) is 16.2. The molecule has 1 aromatic rings. The second-order valence-electron chi connectivity index (χ2n) is 5.85. The third kappa shape index (κ3) is 6.36. The Labute approximate surface area is 135 Å². The van der Waals surface area contributed by atoms with E-state index in [9.17, 15) is 9.59 Å². The highest BCUT2D eigenvalue weighted by Gasteiger charge is 2.17. The smallest absolute Gasteiger partial charge is 0.223 e. The first-order valence-electron chi connectivity index (χ1n) is 6.64. The van der Waals surface area contributed by atoms with Crippen molar-refractivity contribution < 1.29 is 9.59 Å². The van der Waals surface area contributed by atoms with Crippen LogP contribution in [0.15, 0.2) is 18.2 Å². The first-order valence-corrected chi connectivity index (χ1v) is 7.39. The molecule has 2 amide bonds. The Kier molecular flexibility index (Phi) is 6.05. The van der Waals surface area contributed by atoms with Gasteiger partial charge in [0.1, 0.15) is 0 Å². The third-order valence-corrected chi connectivity index (χ3v) is 3.05. The molecule has 0 radical (unpaired) electrons. The Bertz CT molecular complexity index is 519. The lowest BCUT2D eigenvalue weighted by atomic mass is 10.1. The molecule has 0 atom stereocenters. The molecular weight excluding hydrogens is 311 g/mol. The molecule has 0 unspecified atom stereocenters. The molecule has 0 aromatic heterocycles. The number of nitrogens with one attached hydrogen (secondary N) is 1. The number of anilines is 1. The summed E-state index contributed by atoms with van der Waals surface area (Å²) in [4.78, 5) is 25.1. The number of nitrogens with zero attached hydrogens (tertiary/aromatic N) is 1. The van der Waals surface area contributed by atoms with E-state index >= 15 is 0 Å². The number of amides is 2. The van der Waals surface area contributed by atoms with Gasteiger partial charge in [-0.15, -0.1) is 0 Å². The summed E-state index contributed by atoms with van der Waals surface area (Å²) in [6, 6.07) is 4.89. The van der Waals surface area contributed by atoms with Crippen LogP contribution in [0.5, 0.6) is 0 Å². The van der Waals surface area contributed by atoms with Crippen LogP contribution in [-0.2, 0) is 9.59 Å². The fourth-order valence-corrected chi connectivity index (χ4v) is 2.37. The van der Waals surface area contributed by atoms with Crippen LogP contribution in [-0.4, -0.2) is 23.9 Å². The van der Waals surface area contributed by atoms with Gasteiger partial charge in [0.05, 0.1) is 0 Å². The average Bonchev–Trinajstić information content (AvgIpc) is 2.24. The summed E-state index contributed by atoms with van der Waals surface area (Å²) in [5.41, 5.74) is 0.292. The van der Waals surface area contributed by atoms with Gasteiger partial charge in [-0.1, -0.05) is 23.2 Å². The van der Waals surface area contributed by atoms with Crippen LogP contribution in [0.25, 0.3) is 0 Å². The second kappa shape index (κ2) is 7.14. The summed E-state index contributed by atoms with van der Waals surface area (Å²) in [6.07, 6.45) is 0.209. The number of benzene rings is 1. The summed E-state index contributed by atoms with van der Waals surface area (Å²) in [5, 5.41) is 3.75. The predicted molar refractivity (Wildman–Crippen MR) is 87.0 cm³/mol. The van der Waals surface area contributed by atoms with Gasteiger partial charge >= 0.3 is 0 Å². The van der Waals surface area contributed by atoms with Gasteiger partial charge in [0.25, 0.3) is 0 Å². The lowest BCUT2D eigenvalue weighted by Gasteiger charge is -2.24. The molecule has 0 saturated carbocycles. The van der Waals surface area contributed by atoms with E-state index in [1.165, 1.54) is 11.8 Å². The Balaban J connectivity index is 2.79. The number of rotatable bonds is 4. The van der Waals surface area contributed by atoms with Crippen LogP contribution in [0.3, 0.4) is 0 Å². The first kappa shape index (κ1) is 17.8. The van der Waals surface area contributed by atoms with E-state index < -0.39 is 0 Å². The maximum atomic E-state index is 11.8. The normalized spacial score (nSPS) is 11.1. The van der Waals surface area contributed by atoms with E-state index in [2.05, 4.69) is 5.32 Å². The molecule has 116 valence electrons. The van der Waals surface area contributed by atoms with Crippen LogP contribution in [0.4, 0.5) is 5.69 Å². The van der Waals surface area contributed by atoms with Gasteiger partial charge in [0.2, 0.25) is 11.8 Å². The van der Waals surface area contributed by atoms with E-state index in [-0.39, 0.29) is 30.3 Å². The molecule has 0 bridgehead atoms. The highest BCUT2D eigenvalue weighted by Crippen LogP contribution is 2.25. The van der Waals surface area contributed by atoms with Crippen molar-refractivity contribution >= 4 is 40.7 Å². The van der Waals surface area contributed by atoms with E-state index in [4.69, 9.17) is 23.2 Å². The fraction of sp³-hybridized carbons (Fsp3) is 0.467. The average molecular weight is 331 g/mol. The largest absolute Gasteiger partial charge is 0.351 e. The Hall–Kier alpha value is -1.26. The molecule has 1 N–H and O–H groups in total. The minimum atomic E-state index is -0.294. The number of hydrogen-bond donors (Lipinski definition) is 1. The molecule has 0 saturated heterocycles. The summed E-state index contributed by atoms with van der Waals surface area (Å²) in [6.45, 7) is 7.43. The molecule has 4 nitrogen and oxygen atoms in total. The Morgan fingerprint density at radius 1 is 1.14 bits per heavy atom. The van der Waals surface area contributed by atoms with E-state index in [0.717, 1.165) is 0 Å². The van der Waals surface area contributed by atoms with Crippen molar-refractivity contribution in [2.75, 3.05) is 11.4 Å². The number of hydrogen-bond acceptors (Lipinski definition) is 2. The summed E-state index contributed by atoms with van der Waals surface area (Å²) >= 11 is 11.9. The molecule has 21 heavy (non-hydrogen) atoms. The van der Waals surface area contributed by atoms with Crippen molar-refractivity contribution in [1.29, 1.82) is 0 Å². The van der Waals surface area contributed by atoms with E-state index in [1.54, 1.807) is 18.2 Å². The van der Waals surface area contributed by atoms with Crippen LogP contribution in [0.2, 0.25) is 10.0 Å². The molecule has 0 aliphatic heterocycles. The van der Waals surface area contributed by atoms with Gasteiger partial charge in [0.15, 0.2) is 0 Å². The summed E-state index contributed by atoms with van der Waals surface area (Å²) < 4.78 is 0. The Morgan fingerprint density at radius 2 is 1.67 bits per heavy atom. The number of carbonyl (C=O) groups is 2. The lowest BCUT2D eigenvalue weighted by molar-refractivity contribution is -0.122. The molecule has 1 aromatic carbocycles. The molecule has 0 aliphatic rings. The van der Waals surface area contributed by atoms with Gasteiger partial charge in [-0.2, -0.15) is 0 Å². The van der Waals surface area contributed by atoms with Crippen molar-refractivity contribution in [3.63, 3.8) is 0 Å². The van der Waals surface area contributed by atoms with Crippen molar-refractivity contribution in [3.05, 3.63) is 28.2 Å². The molecular formula is C15H20Cl2N2O2. The molecule has 0 fully saturated rings. The number of halogens is 2. The highest BCUT2D eigenvalue weighted by atomic mass is 35.5. The monoisotopic (exact) mass is 330 g/mol. The summed E-state index contributed by atoms with van der Waals surface area (Å²) in [5.74, 6) is -0.279. The van der Waals surface area contributed by atoms with Gasteiger partial charge in [-0.3, -0.25) is 9.59 Å². The summed E-state index contributed by atoms with van der Waals surface area (Å²) in [7, 11) is 0. The Morgan fingerprint density at radius 3 is 2.10 bits per heavy atom. The van der Waals surface area contributed by atoms with Gasteiger partial charge in [0, 0.05) is 41.2 Å². The van der Waals surface area contributed by atoms with E-state index in [0.29, 0.717) is 15.7 Å². The maximum Gasteiger partial charge on any atom is 0.223 e. The van der Waals surface area contributed by atoms with Crippen LogP contribution < -0.4 is 10.2 Å². The molecule has 6 heteroatoms. The van der Waals surface area contributed by atoms with Gasteiger partial charge < -0.3 is 10.2 Å². The minimum Gasteiger partial charge on any atom is -0.351 e. The molecule has 0 spiro atoms. The van der Waals surface area contributed by atoms with Crippen molar-refractivity contribution in [3.8, 4) is 0 Å². The van der Waals surface area contributed by atoms with Crippen molar-refractivity contribution in [2.45, 2.75) is 39.7 Å². The zero-order valence-corrected chi connectivity index (χ0v) is 14.2. The van der Waals surface area contributed by atoms with Crippen LogP contribution in [0.1, 0.15) is 34.1 Å². The number of carbonyl (C=O) groups excluding carboxylic acids is 2. The van der Waals surface area contributed by atoms with Gasteiger partial charge in [-0.25, -0.2) is 0 Å². The quantitative estimate of drug-likeness (QED) is 0.915. The molecule has 0 aliphatic carbocycles. The maximum absolute atomic E-state index is 11.8. The first-order chi connectivity index (χ1) is 9.58. The van der Waals surface area contributed by atoms with Crippen LogP contribution in [0, 0.1) is 0 Å². The zero-order valence-electron chi connectivity index (χ0n) is 12.7. The van der Waals surface area contributed by atoms with E-state index in [1.807, 2.05) is 20.8 Å². The third-order valence-electron chi connectivity index (χ3n) is 2.62. The second-order valence-corrected chi connectivity index (χ2v) is 6.72. The fourth-order valence-electron chi connectivity index (χ4n) is 1.86.